The van der Waals surface area contributed by atoms with Crippen LogP contribution in [0.25, 0.3) is 0 Å². The molecule has 0 spiro atoms. The van der Waals surface area contributed by atoms with Crippen LogP contribution in [-0.2, 0) is 6.54 Å². The second kappa shape index (κ2) is 12.6. The fraction of sp³-hybridized carbons (Fsp3) is 0.682. The highest BCUT2D eigenvalue weighted by Gasteiger charge is 2.21. The molecule has 28 heavy (non-hydrogen) atoms. The van der Waals surface area contributed by atoms with Crippen molar-refractivity contribution < 1.29 is 0 Å². The van der Waals surface area contributed by atoms with E-state index in [1.807, 2.05) is 7.05 Å². The molecule has 1 heterocycles. The van der Waals surface area contributed by atoms with Crippen molar-refractivity contribution in [1.29, 1.82) is 0 Å². The smallest absolute Gasteiger partial charge is 0.191 e. The predicted octanol–water partition coefficient (Wildman–Crippen LogP) is 3.31. The van der Waals surface area contributed by atoms with Crippen molar-refractivity contribution in [3.8, 4) is 0 Å². The van der Waals surface area contributed by atoms with Gasteiger partial charge in [-0.2, -0.15) is 0 Å². The molecule has 6 heteroatoms. The van der Waals surface area contributed by atoms with Gasteiger partial charge in [0.2, 0.25) is 0 Å². The third kappa shape index (κ3) is 7.52. The maximum Gasteiger partial charge on any atom is 0.191 e. The lowest BCUT2D eigenvalue weighted by molar-refractivity contribution is 0.198. The summed E-state index contributed by atoms with van der Waals surface area (Å²) in [6, 6.07) is 12.1. The van der Waals surface area contributed by atoms with Gasteiger partial charge < -0.3 is 15.5 Å². The molecule has 1 aliphatic heterocycles. The summed E-state index contributed by atoms with van der Waals surface area (Å²) in [5.41, 5.74) is 1.41. The van der Waals surface area contributed by atoms with Gasteiger partial charge in [-0.25, -0.2) is 0 Å². The van der Waals surface area contributed by atoms with Gasteiger partial charge in [-0.05, 0) is 38.3 Å². The quantitative estimate of drug-likeness (QED) is 0.343. The fourth-order valence-corrected chi connectivity index (χ4v) is 4.34. The van der Waals surface area contributed by atoms with Crippen molar-refractivity contribution in [2.45, 2.75) is 57.2 Å². The Morgan fingerprint density at radius 1 is 1.11 bits per heavy atom. The average molecular weight is 499 g/mol. The summed E-state index contributed by atoms with van der Waals surface area (Å²) in [5, 5.41) is 7.13. The highest BCUT2D eigenvalue weighted by molar-refractivity contribution is 14.0. The van der Waals surface area contributed by atoms with E-state index in [0.717, 1.165) is 44.7 Å². The van der Waals surface area contributed by atoms with Crippen LogP contribution in [-0.4, -0.2) is 68.1 Å². The summed E-state index contributed by atoms with van der Waals surface area (Å²) in [4.78, 5) is 9.49. The summed E-state index contributed by atoms with van der Waals surface area (Å²) in [6.07, 6.45) is 7.88. The Morgan fingerprint density at radius 2 is 1.79 bits per heavy atom. The topological polar surface area (TPSA) is 42.9 Å². The first-order chi connectivity index (χ1) is 13.2. The van der Waals surface area contributed by atoms with Gasteiger partial charge in [0.1, 0.15) is 0 Å². The van der Waals surface area contributed by atoms with E-state index in [1.165, 1.54) is 44.1 Å². The van der Waals surface area contributed by atoms with Crippen LogP contribution in [0.4, 0.5) is 0 Å². The van der Waals surface area contributed by atoms with Gasteiger partial charge in [0, 0.05) is 51.9 Å². The Labute approximate surface area is 188 Å². The summed E-state index contributed by atoms with van der Waals surface area (Å²) >= 11 is 0. The number of nitrogens with one attached hydrogen (secondary N) is 2. The zero-order valence-corrected chi connectivity index (χ0v) is 19.9. The van der Waals surface area contributed by atoms with Crippen molar-refractivity contribution in [3.05, 3.63) is 35.9 Å². The van der Waals surface area contributed by atoms with E-state index in [2.05, 4.69) is 62.8 Å². The van der Waals surface area contributed by atoms with Gasteiger partial charge in [-0.15, -0.1) is 24.0 Å². The Hall–Kier alpha value is -0.860. The van der Waals surface area contributed by atoms with E-state index < -0.39 is 0 Å². The molecule has 3 rings (SSSR count). The monoisotopic (exact) mass is 499 g/mol. The maximum absolute atomic E-state index is 4.43. The molecule has 0 atom stereocenters. The number of likely N-dealkylation sites (N-methyl/N-ethyl adjacent to an activating group) is 1. The number of benzene rings is 1. The largest absolute Gasteiger partial charge is 0.355 e. The summed E-state index contributed by atoms with van der Waals surface area (Å²) < 4.78 is 0. The summed E-state index contributed by atoms with van der Waals surface area (Å²) in [7, 11) is 4.14. The molecule has 0 unspecified atom stereocenters. The van der Waals surface area contributed by atoms with Crippen LogP contribution < -0.4 is 10.6 Å². The van der Waals surface area contributed by atoms with Gasteiger partial charge >= 0.3 is 0 Å². The molecule has 2 aliphatic rings. The van der Waals surface area contributed by atoms with Crippen molar-refractivity contribution in [2.24, 2.45) is 4.99 Å². The minimum absolute atomic E-state index is 0. The van der Waals surface area contributed by atoms with E-state index in [9.17, 15) is 0 Å². The molecule has 0 bridgehead atoms. The van der Waals surface area contributed by atoms with Crippen LogP contribution in [0, 0.1) is 0 Å². The molecule has 2 N–H and O–H groups in total. The Bertz CT molecular complexity index is 566. The lowest BCUT2D eigenvalue weighted by Gasteiger charge is -2.33. The minimum Gasteiger partial charge on any atom is -0.355 e. The molecular formula is C22H38IN5. The lowest BCUT2D eigenvalue weighted by Crippen LogP contribution is -2.49. The van der Waals surface area contributed by atoms with E-state index in [0.29, 0.717) is 6.04 Å². The molecule has 1 aliphatic carbocycles. The molecule has 5 nitrogen and oxygen atoms in total. The van der Waals surface area contributed by atoms with E-state index in [-0.39, 0.29) is 24.0 Å². The van der Waals surface area contributed by atoms with Gasteiger partial charge in [0.25, 0.3) is 0 Å². The molecule has 1 saturated carbocycles. The highest BCUT2D eigenvalue weighted by atomic mass is 127. The number of nitrogens with zero attached hydrogens (tertiary/aromatic N) is 3. The van der Waals surface area contributed by atoms with Crippen LogP contribution in [0.2, 0.25) is 0 Å². The molecule has 0 amide bonds. The molecule has 1 saturated heterocycles. The normalized spacial score (nSPS) is 19.6. The Morgan fingerprint density at radius 3 is 2.43 bits per heavy atom. The predicted molar refractivity (Wildman–Crippen MR) is 130 cm³/mol. The second-order valence-electron chi connectivity index (χ2n) is 8.10. The summed E-state index contributed by atoms with van der Waals surface area (Å²) in [5.74, 6) is 0.955. The second-order valence-corrected chi connectivity index (χ2v) is 8.10. The molecule has 0 radical (unpaired) electrons. The van der Waals surface area contributed by atoms with Crippen molar-refractivity contribution >= 4 is 29.9 Å². The summed E-state index contributed by atoms with van der Waals surface area (Å²) in [6.45, 7) is 5.40. The number of aliphatic imine (C=N–C) groups is 1. The number of piperidine rings is 1. The zero-order valence-electron chi connectivity index (χ0n) is 17.6. The van der Waals surface area contributed by atoms with Gasteiger partial charge in [0.15, 0.2) is 5.96 Å². The first kappa shape index (κ1) is 23.4. The van der Waals surface area contributed by atoms with Gasteiger partial charge in [-0.1, -0.05) is 43.2 Å². The number of hydrogen-bond acceptors (Lipinski definition) is 3. The van der Waals surface area contributed by atoms with Crippen LogP contribution in [0.15, 0.2) is 35.3 Å². The van der Waals surface area contributed by atoms with E-state index in [4.69, 9.17) is 0 Å². The van der Waals surface area contributed by atoms with Crippen molar-refractivity contribution in [3.63, 3.8) is 0 Å². The number of guanidine groups is 1. The fourth-order valence-electron chi connectivity index (χ4n) is 4.34. The SMILES string of the molecule is CN=C(NCCN(C)C1CCCC1)NC1CCN(Cc2ccccc2)CC1.I. The Balaban J connectivity index is 0.00000280. The maximum atomic E-state index is 4.43. The third-order valence-electron chi connectivity index (χ3n) is 6.11. The first-order valence-electron chi connectivity index (χ1n) is 10.7. The Kier molecular flexibility index (Phi) is 10.6. The molecule has 1 aromatic carbocycles. The van der Waals surface area contributed by atoms with Crippen LogP contribution in [0.1, 0.15) is 44.1 Å². The van der Waals surface area contributed by atoms with E-state index in [1.54, 1.807) is 0 Å². The molecular weight excluding hydrogens is 461 g/mol. The first-order valence-corrected chi connectivity index (χ1v) is 10.7. The average Bonchev–Trinajstić information content (AvgIpc) is 3.24. The van der Waals surface area contributed by atoms with Crippen LogP contribution in [0.5, 0.6) is 0 Å². The lowest BCUT2D eigenvalue weighted by atomic mass is 10.0. The molecule has 0 aromatic heterocycles. The number of rotatable bonds is 7. The number of likely N-dealkylation sites (tertiary alicyclic amines) is 1. The van der Waals surface area contributed by atoms with Crippen LogP contribution >= 0.6 is 24.0 Å². The third-order valence-corrected chi connectivity index (χ3v) is 6.11. The van der Waals surface area contributed by atoms with Crippen LogP contribution in [0.3, 0.4) is 0 Å². The molecule has 2 fully saturated rings. The van der Waals surface area contributed by atoms with E-state index >= 15 is 0 Å². The zero-order chi connectivity index (χ0) is 18.9. The van der Waals surface area contributed by atoms with Crippen molar-refractivity contribution in [2.75, 3.05) is 40.3 Å². The standard InChI is InChI=1S/C22H37N5.HI/c1-23-22(24-14-17-26(2)21-10-6-7-11-21)25-20-12-15-27(16-13-20)18-19-8-4-3-5-9-19;/h3-5,8-9,20-21H,6-7,10-18H2,1-2H3,(H2,23,24,25);1H. The number of hydrogen-bond donors (Lipinski definition) is 2. The van der Waals surface area contributed by atoms with Crippen molar-refractivity contribution in [1.82, 2.24) is 20.4 Å². The molecule has 158 valence electrons. The number of halogens is 1. The highest BCUT2D eigenvalue weighted by Crippen LogP contribution is 2.21. The van der Waals surface area contributed by atoms with Gasteiger partial charge in [0.05, 0.1) is 0 Å². The molecule has 1 aromatic rings. The minimum atomic E-state index is 0. The van der Waals surface area contributed by atoms with Gasteiger partial charge in [-0.3, -0.25) is 9.89 Å².